The largest absolute Gasteiger partial charge is 0.495 e. The van der Waals surface area contributed by atoms with Gasteiger partial charge in [-0.25, -0.2) is 0 Å². The van der Waals surface area contributed by atoms with Crippen molar-refractivity contribution < 1.29 is 14.3 Å². The molecule has 0 atom stereocenters. The molecule has 1 N–H and O–H groups in total. The summed E-state index contributed by atoms with van der Waals surface area (Å²) in [4.78, 5) is 23.9. The molecule has 0 bridgehead atoms. The predicted octanol–water partition coefficient (Wildman–Crippen LogP) is 3.65. The number of halogens is 1. The zero-order chi connectivity index (χ0) is 15.4. The van der Waals surface area contributed by atoms with E-state index in [1.807, 2.05) is 6.07 Å². The topological polar surface area (TPSA) is 55.4 Å². The minimum absolute atomic E-state index is 0.164. The van der Waals surface area contributed by atoms with Crippen LogP contribution in [0.15, 0.2) is 46.9 Å². The van der Waals surface area contributed by atoms with Crippen molar-refractivity contribution in [2.45, 2.75) is 6.92 Å². The van der Waals surface area contributed by atoms with Crippen LogP contribution in [0.5, 0.6) is 5.75 Å². The van der Waals surface area contributed by atoms with E-state index >= 15 is 0 Å². The number of carbonyl (C=O) groups excluding carboxylic acids is 2. The first-order chi connectivity index (χ1) is 10.0. The van der Waals surface area contributed by atoms with Crippen LogP contribution < -0.4 is 10.1 Å². The Balaban J connectivity index is 2.53. The molecule has 0 aromatic heterocycles. The van der Waals surface area contributed by atoms with Crippen molar-refractivity contribution in [1.82, 2.24) is 0 Å². The lowest BCUT2D eigenvalue weighted by atomic mass is 10.0. The lowest BCUT2D eigenvalue weighted by Gasteiger charge is -2.13. The summed E-state index contributed by atoms with van der Waals surface area (Å²) in [6.45, 7) is 1.39. The molecule has 0 heterocycles. The second kappa shape index (κ2) is 6.54. The maximum atomic E-state index is 12.6. The van der Waals surface area contributed by atoms with Crippen LogP contribution in [0.25, 0.3) is 0 Å². The number of rotatable bonds is 4. The van der Waals surface area contributed by atoms with Gasteiger partial charge in [-0.05, 0) is 22.0 Å². The van der Waals surface area contributed by atoms with Gasteiger partial charge in [-0.15, -0.1) is 0 Å². The van der Waals surface area contributed by atoms with Gasteiger partial charge in [0.25, 0.3) is 0 Å². The summed E-state index contributed by atoms with van der Waals surface area (Å²) in [7, 11) is 1.52. The van der Waals surface area contributed by atoms with E-state index in [9.17, 15) is 9.59 Å². The molecule has 2 aromatic carbocycles. The maximum absolute atomic E-state index is 12.6. The zero-order valence-electron chi connectivity index (χ0n) is 11.6. The number of methoxy groups -OCH3 is 1. The number of hydrogen-bond donors (Lipinski definition) is 1. The van der Waals surface area contributed by atoms with Crippen LogP contribution in [0.1, 0.15) is 22.8 Å². The first kappa shape index (κ1) is 15.3. The molecule has 2 aromatic rings. The minimum atomic E-state index is -0.249. The Morgan fingerprint density at radius 3 is 2.38 bits per heavy atom. The Bertz CT molecular complexity index is 683. The van der Waals surface area contributed by atoms with Gasteiger partial charge in [0.15, 0.2) is 5.78 Å². The van der Waals surface area contributed by atoms with Gasteiger partial charge in [0.2, 0.25) is 5.91 Å². The average Bonchev–Trinajstić information content (AvgIpc) is 2.48. The third kappa shape index (κ3) is 3.49. The van der Waals surface area contributed by atoms with Crippen molar-refractivity contribution in [2.75, 3.05) is 12.4 Å². The summed E-state index contributed by atoms with van der Waals surface area (Å²) in [5.41, 5.74) is 1.39. The van der Waals surface area contributed by atoms with Crippen LogP contribution in [0.2, 0.25) is 0 Å². The highest BCUT2D eigenvalue weighted by Gasteiger charge is 2.17. The summed E-state index contributed by atoms with van der Waals surface area (Å²) in [6.07, 6.45) is 0. The molecule has 21 heavy (non-hydrogen) atoms. The third-order valence-corrected chi connectivity index (χ3v) is 3.50. The van der Waals surface area contributed by atoms with E-state index < -0.39 is 0 Å². The molecule has 0 aliphatic heterocycles. The fraction of sp³-hybridized carbons (Fsp3) is 0.125. The van der Waals surface area contributed by atoms with Crippen LogP contribution in [-0.2, 0) is 4.79 Å². The molecule has 0 radical (unpaired) electrons. The van der Waals surface area contributed by atoms with E-state index in [1.165, 1.54) is 14.0 Å². The predicted molar refractivity (Wildman–Crippen MR) is 84.9 cm³/mol. The molecule has 0 aliphatic rings. The SMILES string of the molecule is COc1cc(NC(C)=O)c(C(=O)c2ccccc2)cc1Br. The standard InChI is InChI=1S/C16H14BrNO3/c1-10(19)18-14-9-15(21-2)13(17)8-12(14)16(20)11-6-4-3-5-7-11/h3-9H,1-2H3,(H,18,19). The molecule has 5 heteroatoms. The number of carbonyl (C=O) groups is 2. The van der Waals surface area contributed by atoms with Crippen LogP contribution in [0.4, 0.5) is 5.69 Å². The first-order valence-corrected chi connectivity index (χ1v) is 7.07. The fourth-order valence-electron chi connectivity index (χ4n) is 1.94. The molecular weight excluding hydrogens is 334 g/mol. The summed E-state index contributed by atoms with van der Waals surface area (Å²) < 4.78 is 5.85. The lowest BCUT2D eigenvalue weighted by Crippen LogP contribution is -2.12. The van der Waals surface area contributed by atoms with Gasteiger partial charge in [-0.3, -0.25) is 9.59 Å². The molecule has 0 fully saturated rings. The van der Waals surface area contributed by atoms with Crippen LogP contribution >= 0.6 is 15.9 Å². The molecular formula is C16H14BrNO3. The number of amides is 1. The zero-order valence-corrected chi connectivity index (χ0v) is 13.2. The van der Waals surface area contributed by atoms with Crippen molar-refractivity contribution in [2.24, 2.45) is 0 Å². The van der Waals surface area contributed by atoms with E-state index in [4.69, 9.17) is 4.74 Å². The van der Waals surface area contributed by atoms with Gasteiger partial charge in [-0.1, -0.05) is 30.3 Å². The summed E-state index contributed by atoms with van der Waals surface area (Å²) in [5, 5.41) is 2.67. The van der Waals surface area contributed by atoms with Gasteiger partial charge in [0.1, 0.15) is 5.75 Å². The van der Waals surface area contributed by atoms with Crippen molar-refractivity contribution in [1.29, 1.82) is 0 Å². The van der Waals surface area contributed by atoms with E-state index in [0.717, 1.165) is 0 Å². The molecule has 4 nitrogen and oxygen atoms in total. The minimum Gasteiger partial charge on any atom is -0.495 e. The molecule has 0 unspecified atom stereocenters. The van der Waals surface area contributed by atoms with Gasteiger partial charge in [0, 0.05) is 24.1 Å². The van der Waals surface area contributed by atoms with E-state index in [2.05, 4.69) is 21.2 Å². The highest BCUT2D eigenvalue weighted by molar-refractivity contribution is 9.10. The number of benzene rings is 2. The molecule has 1 amide bonds. The number of ketones is 1. The van der Waals surface area contributed by atoms with Crippen molar-refractivity contribution in [3.63, 3.8) is 0 Å². The molecule has 2 rings (SSSR count). The number of nitrogens with one attached hydrogen (secondary N) is 1. The Labute approximate surface area is 131 Å². The molecule has 0 aliphatic carbocycles. The second-order valence-corrected chi connectivity index (χ2v) is 5.26. The Morgan fingerprint density at radius 1 is 1.14 bits per heavy atom. The molecule has 0 spiro atoms. The highest BCUT2D eigenvalue weighted by atomic mass is 79.9. The van der Waals surface area contributed by atoms with Crippen LogP contribution in [-0.4, -0.2) is 18.8 Å². The molecule has 108 valence electrons. The number of hydrogen-bond acceptors (Lipinski definition) is 3. The average molecular weight is 348 g/mol. The van der Waals surface area contributed by atoms with Gasteiger partial charge in [-0.2, -0.15) is 0 Å². The molecule has 0 saturated heterocycles. The number of ether oxygens (including phenoxy) is 1. The van der Waals surface area contributed by atoms with E-state index in [0.29, 0.717) is 27.0 Å². The monoisotopic (exact) mass is 347 g/mol. The summed E-state index contributed by atoms with van der Waals surface area (Å²) >= 11 is 3.36. The van der Waals surface area contributed by atoms with Crippen LogP contribution in [0.3, 0.4) is 0 Å². The van der Waals surface area contributed by atoms with Gasteiger partial charge >= 0.3 is 0 Å². The van der Waals surface area contributed by atoms with Crippen molar-refractivity contribution in [3.8, 4) is 5.75 Å². The van der Waals surface area contributed by atoms with Gasteiger partial charge in [0.05, 0.1) is 17.3 Å². The Morgan fingerprint density at radius 2 is 1.81 bits per heavy atom. The normalized spacial score (nSPS) is 10.0. The second-order valence-electron chi connectivity index (χ2n) is 4.41. The van der Waals surface area contributed by atoms with Crippen LogP contribution in [0, 0.1) is 0 Å². The summed E-state index contributed by atoms with van der Waals surface area (Å²) in [5.74, 6) is 0.132. The first-order valence-electron chi connectivity index (χ1n) is 6.27. The summed E-state index contributed by atoms with van der Waals surface area (Å²) in [6, 6.07) is 12.2. The Kier molecular flexibility index (Phi) is 4.75. The van der Waals surface area contributed by atoms with Gasteiger partial charge < -0.3 is 10.1 Å². The smallest absolute Gasteiger partial charge is 0.221 e. The molecule has 0 saturated carbocycles. The quantitative estimate of drug-likeness (QED) is 0.859. The maximum Gasteiger partial charge on any atom is 0.221 e. The highest BCUT2D eigenvalue weighted by Crippen LogP contribution is 2.32. The fourth-order valence-corrected chi connectivity index (χ4v) is 2.44. The van der Waals surface area contributed by atoms with E-state index in [1.54, 1.807) is 36.4 Å². The van der Waals surface area contributed by atoms with Crippen molar-refractivity contribution in [3.05, 3.63) is 58.1 Å². The van der Waals surface area contributed by atoms with Crippen molar-refractivity contribution >= 4 is 33.3 Å². The lowest BCUT2D eigenvalue weighted by molar-refractivity contribution is -0.114. The Hall–Kier alpha value is -2.14. The number of anilines is 1. The van der Waals surface area contributed by atoms with E-state index in [-0.39, 0.29) is 11.7 Å². The third-order valence-electron chi connectivity index (χ3n) is 2.88.